The molecule has 5 nitrogen and oxygen atoms in total. The molecule has 0 aliphatic carbocycles. The molecule has 0 N–H and O–H groups in total. The molecule has 1 aromatic rings. The van der Waals surface area contributed by atoms with Crippen molar-refractivity contribution in [2.24, 2.45) is 0 Å². The van der Waals surface area contributed by atoms with Crippen LogP contribution in [0.4, 0.5) is 0 Å². The lowest BCUT2D eigenvalue weighted by Crippen LogP contribution is -2.42. The van der Waals surface area contributed by atoms with Crippen molar-refractivity contribution in [2.45, 2.75) is 37.1 Å². The van der Waals surface area contributed by atoms with Gasteiger partial charge in [0.2, 0.25) is 10.0 Å². The van der Waals surface area contributed by atoms with E-state index in [1.165, 1.54) is 20.3 Å². The highest BCUT2D eigenvalue weighted by Gasteiger charge is 2.33. The molecular weight excluding hydrogens is 358 g/mol. The van der Waals surface area contributed by atoms with E-state index in [-0.39, 0.29) is 10.9 Å². The summed E-state index contributed by atoms with van der Waals surface area (Å²) in [7, 11) is -0.624. The number of halogens is 1. The summed E-state index contributed by atoms with van der Waals surface area (Å²) in [4.78, 5) is 0.152. The quantitative estimate of drug-likeness (QED) is 0.808. The van der Waals surface area contributed by atoms with Crippen LogP contribution in [-0.4, -0.2) is 39.5 Å². The van der Waals surface area contributed by atoms with Gasteiger partial charge in [-0.3, -0.25) is 0 Å². The summed E-state index contributed by atoms with van der Waals surface area (Å²) in [5, 5.41) is 0. The molecule has 1 unspecified atom stereocenters. The summed E-state index contributed by atoms with van der Waals surface area (Å²) in [5.41, 5.74) is 0. The number of benzene rings is 1. The number of sulfonamides is 1. The van der Waals surface area contributed by atoms with Crippen molar-refractivity contribution in [1.82, 2.24) is 4.31 Å². The molecule has 1 fully saturated rings. The van der Waals surface area contributed by atoms with E-state index < -0.39 is 10.0 Å². The van der Waals surface area contributed by atoms with Gasteiger partial charge in [-0.15, -0.1) is 0 Å². The Kier molecular flexibility index (Phi) is 5.16. The van der Waals surface area contributed by atoms with Gasteiger partial charge in [0.05, 0.1) is 18.7 Å². The van der Waals surface area contributed by atoms with Crippen molar-refractivity contribution in [3.63, 3.8) is 0 Å². The molecule has 1 aromatic carbocycles. The molecule has 1 aliphatic rings. The van der Waals surface area contributed by atoms with Gasteiger partial charge < -0.3 is 9.47 Å². The van der Waals surface area contributed by atoms with Gasteiger partial charge in [0.1, 0.15) is 16.4 Å². The van der Waals surface area contributed by atoms with Crippen LogP contribution in [0.5, 0.6) is 11.5 Å². The Morgan fingerprint density at radius 3 is 2.43 bits per heavy atom. The number of nitrogens with zero attached hydrogens (tertiary/aromatic N) is 1. The second-order valence-electron chi connectivity index (χ2n) is 5.10. The molecule has 0 bridgehead atoms. The highest BCUT2D eigenvalue weighted by Crippen LogP contribution is 2.37. The largest absolute Gasteiger partial charge is 0.496 e. The maximum atomic E-state index is 12.9. The van der Waals surface area contributed by atoms with Gasteiger partial charge in [-0.1, -0.05) is 6.42 Å². The van der Waals surface area contributed by atoms with E-state index >= 15 is 0 Å². The molecule has 0 saturated carbocycles. The summed E-state index contributed by atoms with van der Waals surface area (Å²) >= 11 is 3.34. The fourth-order valence-corrected chi connectivity index (χ4v) is 4.93. The molecule has 0 aromatic heterocycles. The van der Waals surface area contributed by atoms with Crippen LogP contribution >= 0.6 is 15.9 Å². The Balaban J connectivity index is 2.52. The van der Waals surface area contributed by atoms with Crippen molar-refractivity contribution in [1.29, 1.82) is 0 Å². The molecule has 0 spiro atoms. The Labute approximate surface area is 134 Å². The van der Waals surface area contributed by atoms with E-state index in [1.54, 1.807) is 10.4 Å². The van der Waals surface area contributed by atoms with Gasteiger partial charge in [-0.05, 0) is 41.8 Å². The fourth-order valence-electron chi connectivity index (χ4n) is 2.59. The highest BCUT2D eigenvalue weighted by molar-refractivity contribution is 9.10. The van der Waals surface area contributed by atoms with Crippen LogP contribution in [0.3, 0.4) is 0 Å². The van der Waals surface area contributed by atoms with E-state index in [4.69, 9.17) is 9.47 Å². The normalized spacial score (nSPS) is 20.3. The predicted molar refractivity (Wildman–Crippen MR) is 84.5 cm³/mol. The molecule has 118 valence electrons. The summed E-state index contributed by atoms with van der Waals surface area (Å²) < 4.78 is 38.5. The van der Waals surface area contributed by atoms with Gasteiger partial charge in [0, 0.05) is 18.7 Å². The van der Waals surface area contributed by atoms with Crippen molar-refractivity contribution < 1.29 is 17.9 Å². The monoisotopic (exact) mass is 377 g/mol. The standard InChI is InChI=1S/C14H20BrNO4S/c1-10-6-4-5-7-16(10)21(17,18)14-9-12(19-2)11(15)8-13(14)20-3/h8-10H,4-7H2,1-3H3. The zero-order valence-electron chi connectivity index (χ0n) is 12.4. The maximum Gasteiger partial charge on any atom is 0.247 e. The average molecular weight is 378 g/mol. The number of methoxy groups -OCH3 is 2. The SMILES string of the molecule is COc1cc(S(=O)(=O)N2CCCCC2C)c(OC)cc1Br. The minimum Gasteiger partial charge on any atom is -0.496 e. The van der Waals surface area contributed by atoms with Crippen LogP contribution in [-0.2, 0) is 10.0 Å². The van der Waals surface area contributed by atoms with Gasteiger partial charge in [-0.25, -0.2) is 8.42 Å². The number of rotatable bonds is 4. The minimum atomic E-state index is -3.60. The summed E-state index contributed by atoms with van der Waals surface area (Å²) in [6, 6.07) is 3.14. The third-order valence-electron chi connectivity index (χ3n) is 3.77. The van der Waals surface area contributed by atoms with Gasteiger partial charge in [-0.2, -0.15) is 4.31 Å². The lowest BCUT2D eigenvalue weighted by Gasteiger charge is -2.32. The number of ether oxygens (including phenoxy) is 2. The molecule has 1 heterocycles. The Morgan fingerprint density at radius 2 is 1.86 bits per heavy atom. The minimum absolute atomic E-state index is 0.00287. The molecule has 21 heavy (non-hydrogen) atoms. The third-order valence-corrected chi connectivity index (χ3v) is 6.42. The molecule has 1 atom stereocenters. The zero-order chi connectivity index (χ0) is 15.6. The highest BCUT2D eigenvalue weighted by atomic mass is 79.9. The summed E-state index contributed by atoms with van der Waals surface area (Å²) in [6.45, 7) is 2.49. The first kappa shape index (κ1) is 16.6. The molecule has 7 heteroatoms. The van der Waals surface area contributed by atoms with Crippen molar-refractivity contribution >= 4 is 26.0 Å². The summed E-state index contributed by atoms with van der Waals surface area (Å²) in [6.07, 6.45) is 2.84. The predicted octanol–water partition coefficient (Wildman–Crippen LogP) is 3.03. The Morgan fingerprint density at radius 1 is 1.19 bits per heavy atom. The first-order chi connectivity index (χ1) is 9.91. The lowest BCUT2D eigenvalue weighted by atomic mass is 10.1. The zero-order valence-corrected chi connectivity index (χ0v) is 14.8. The Hall–Kier alpha value is -0.790. The summed E-state index contributed by atoms with van der Waals surface area (Å²) in [5.74, 6) is 0.791. The van der Waals surface area contributed by atoms with Gasteiger partial charge in [0.15, 0.2) is 0 Å². The first-order valence-corrected chi connectivity index (χ1v) is 9.08. The fraction of sp³-hybridized carbons (Fsp3) is 0.571. The molecule has 0 amide bonds. The van der Waals surface area contributed by atoms with Gasteiger partial charge >= 0.3 is 0 Å². The smallest absolute Gasteiger partial charge is 0.247 e. The second-order valence-corrected chi connectivity index (χ2v) is 7.81. The van der Waals surface area contributed by atoms with E-state index in [1.807, 2.05) is 6.92 Å². The van der Waals surface area contributed by atoms with Crippen LogP contribution in [0.1, 0.15) is 26.2 Å². The maximum absolute atomic E-state index is 12.9. The van der Waals surface area contributed by atoms with E-state index in [0.717, 1.165) is 19.3 Å². The van der Waals surface area contributed by atoms with Gasteiger partial charge in [0.25, 0.3) is 0 Å². The first-order valence-electron chi connectivity index (χ1n) is 6.85. The number of piperidine rings is 1. The lowest BCUT2D eigenvalue weighted by molar-refractivity contribution is 0.267. The van der Waals surface area contributed by atoms with E-state index in [9.17, 15) is 8.42 Å². The van der Waals surface area contributed by atoms with Crippen LogP contribution in [0, 0.1) is 0 Å². The van der Waals surface area contributed by atoms with Crippen LogP contribution in [0.15, 0.2) is 21.5 Å². The van der Waals surface area contributed by atoms with E-state index in [2.05, 4.69) is 15.9 Å². The molecule has 1 aliphatic heterocycles. The van der Waals surface area contributed by atoms with Crippen LogP contribution in [0.25, 0.3) is 0 Å². The van der Waals surface area contributed by atoms with E-state index in [0.29, 0.717) is 22.5 Å². The third kappa shape index (κ3) is 3.19. The van der Waals surface area contributed by atoms with Crippen molar-refractivity contribution in [3.8, 4) is 11.5 Å². The van der Waals surface area contributed by atoms with Crippen molar-refractivity contribution in [2.75, 3.05) is 20.8 Å². The van der Waals surface area contributed by atoms with Crippen LogP contribution in [0.2, 0.25) is 0 Å². The molecular formula is C14H20BrNO4S. The number of hydrogen-bond donors (Lipinski definition) is 0. The average Bonchev–Trinajstić information content (AvgIpc) is 2.46. The topological polar surface area (TPSA) is 55.8 Å². The molecule has 1 saturated heterocycles. The molecule has 2 rings (SSSR count). The number of hydrogen-bond acceptors (Lipinski definition) is 4. The Bertz CT molecular complexity index is 618. The van der Waals surface area contributed by atoms with Crippen LogP contribution < -0.4 is 9.47 Å². The second kappa shape index (κ2) is 6.54. The molecule has 0 radical (unpaired) electrons. The van der Waals surface area contributed by atoms with Crippen molar-refractivity contribution in [3.05, 3.63) is 16.6 Å².